The van der Waals surface area contributed by atoms with Crippen molar-refractivity contribution in [3.05, 3.63) is 126 Å². The minimum absolute atomic E-state index is 0.00587. The number of benzene rings is 3. The number of imidazole rings is 1. The number of hydrogen-bond donors (Lipinski definition) is 14. The normalized spacial score (nSPS) is 21.6. The highest BCUT2D eigenvalue weighted by Crippen LogP contribution is 2.20. The summed E-state index contributed by atoms with van der Waals surface area (Å²) in [5.41, 5.74) is 19.9. The Labute approximate surface area is 472 Å². The van der Waals surface area contributed by atoms with Crippen molar-refractivity contribution >= 4 is 75.9 Å². The summed E-state index contributed by atoms with van der Waals surface area (Å²) in [6, 6.07) is 13.6. The van der Waals surface area contributed by atoms with Gasteiger partial charge in [-0.3, -0.25) is 52.9 Å². The quantitative estimate of drug-likeness (QED) is 0.0298. The molecule has 10 amide bonds. The first-order chi connectivity index (χ1) is 39.3. The van der Waals surface area contributed by atoms with Gasteiger partial charge in [-0.2, -0.15) is 0 Å². The molecule has 0 spiro atoms. The number of amides is 10. The van der Waals surface area contributed by atoms with Crippen LogP contribution in [0.25, 0.3) is 10.9 Å². The molecule has 0 aliphatic carbocycles. The van der Waals surface area contributed by atoms with Crippen LogP contribution in [-0.2, 0) is 73.6 Å². The number of para-hydroxylation sites is 1. The number of guanidine groups is 1. The number of aliphatic imine (C=N–C) groups is 1. The minimum Gasteiger partial charge on any atom is -0.370 e. The molecule has 0 saturated carbocycles. The molecular formula is C56H72N16O10. The Bertz CT molecular complexity index is 3040. The van der Waals surface area contributed by atoms with Gasteiger partial charge in [0.15, 0.2) is 5.96 Å². The molecule has 26 heteroatoms. The van der Waals surface area contributed by atoms with E-state index in [-0.39, 0.29) is 76.8 Å². The van der Waals surface area contributed by atoms with Crippen LogP contribution in [0.5, 0.6) is 0 Å². The average Bonchev–Trinajstić information content (AvgIpc) is 4.22. The number of aromatic nitrogens is 3. The number of H-pyrrole nitrogens is 2. The molecule has 26 nitrogen and oxygen atoms in total. The van der Waals surface area contributed by atoms with Crippen LogP contribution in [0.1, 0.15) is 74.8 Å². The van der Waals surface area contributed by atoms with Crippen molar-refractivity contribution in [2.24, 2.45) is 22.2 Å². The molecule has 6 rings (SSSR count). The van der Waals surface area contributed by atoms with Crippen LogP contribution < -0.4 is 65.1 Å². The molecule has 0 unspecified atom stereocenters. The Morgan fingerprint density at radius 3 is 1.95 bits per heavy atom. The Hall–Kier alpha value is -9.62. The Morgan fingerprint density at radius 1 is 0.683 bits per heavy atom. The van der Waals surface area contributed by atoms with Crippen molar-refractivity contribution in [3.63, 3.8) is 0 Å². The summed E-state index contributed by atoms with van der Waals surface area (Å²) in [4.78, 5) is 154. The van der Waals surface area contributed by atoms with Gasteiger partial charge in [0.25, 0.3) is 0 Å². The highest BCUT2D eigenvalue weighted by Gasteiger charge is 2.36. The van der Waals surface area contributed by atoms with Gasteiger partial charge in [-0.05, 0) is 61.8 Å². The molecule has 17 N–H and O–H groups in total. The third-order valence-electron chi connectivity index (χ3n) is 13.5. The lowest BCUT2D eigenvalue weighted by Crippen LogP contribution is -2.61. The van der Waals surface area contributed by atoms with Gasteiger partial charge >= 0.3 is 0 Å². The molecular weight excluding hydrogens is 1060 g/mol. The number of fused-ring (bicyclic) bond motifs is 1. The van der Waals surface area contributed by atoms with Crippen LogP contribution in [-0.4, -0.2) is 141 Å². The summed E-state index contributed by atoms with van der Waals surface area (Å²) in [5, 5.41) is 24.8. The Morgan fingerprint density at radius 2 is 1.29 bits per heavy atom. The van der Waals surface area contributed by atoms with Crippen LogP contribution in [0.2, 0.25) is 0 Å². The summed E-state index contributed by atoms with van der Waals surface area (Å²) >= 11 is 0. The minimum atomic E-state index is -1.66. The fourth-order valence-electron chi connectivity index (χ4n) is 9.18. The molecule has 436 valence electrons. The third-order valence-corrected chi connectivity index (χ3v) is 13.5. The van der Waals surface area contributed by atoms with Crippen molar-refractivity contribution in [2.75, 3.05) is 13.1 Å². The van der Waals surface area contributed by atoms with Gasteiger partial charge in [0.1, 0.15) is 48.3 Å². The van der Waals surface area contributed by atoms with Gasteiger partial charge < -0.3 is 75.0 Å². The number of aromatic amines is 2. The van der Waals surface area contributed by atoms with Crippen molar-refractivity contribution < 1.29 is 47.9 Å². The van der Waals surface area contributed by atoms with E-state index in [9.17, 15) is 47.9 Å². The van der Waals surface area contributed by atoms with E-state index >= 15 is 0 Å². The Kier molecular flexibility index (Phi) is 23.0. The first-order valence-corrected chi connectivity index (χ1v) is 26.9. The lowest BCUT2D eigenvalue weighted by Gasteiger charge is -2.28. The SMILES string of the molecule is CC(=O)N[C@@H](Cc1ccccc1)C(=O)N[C@H]1CC(=O)NCCCC[C@@H](C(N)=O)NC(=O)[C@H](C)NC(=O)[C@@H](Cc2c[nH]c3ccccc23)NC(=O)[C@H](CCCN=C(N)N)NC(=O)[C@@H](Cc2ccccc2)NC(=O)[C@H](Cc2cnc[nH]2)NC1=O. The van der Waals surface area contributed by atoms with Crippen molar-refractivity contribution in [3.8, 4) is 0 Å². The fraction of sp³-hybridized carbons (Fsp3) is 0.393. The summed E-state index contributed by atoms with van der Waals surface area (Å²) in [6.07, 6.45) is 3.85. The van der Waals surface area contributed by atoms with E-state index in [0.717, 1.165) is 10.9 Å². The average molecular weight is 1130 g/mol. The van der Waals surface area contributed by atoms with E-state index in [4.69, 9.17) is 17.2 Å². The number of nitrogens with zero attached hydrogens (tertiary/aromatic N) is 2. The molecule has 2 aromatic heterocycles. The first-order valence-electron chi connectivity index (χ1n) is 26.9. The highest BCUT2D eigenvalue weighted by atomic mass is 16.2. The van der Waals surface area contributed by atoms with Crippen LogP contribution in [0.3, 0.4) is 0 Å². The Balaban J connectivity index is 1.38. The first kappa shape index (κ1) is 61.6. The number of nitrogens with two attached hydrogens (primary N) is 3. The number of carbonyl (C=O) groups is 10. The summed E-state index contributed by atoms with van der Waals surface area (Å²) in [5.74, 6) is -8.32. The lowest BCUT2D eigenvalue weighted by molar-refractivity contribution is -0.136. The predicted molar refractivity (Wildman–Crippen MR) is 302 cm³/mol. The zero-order valence-corrected chi connectivity index (χ0v) is 45.6. The van der Waals surface area contributed by atoms with Gasteiger partial charge in [0.05, 0.1) is 12.7 Å². The summed E-state index contributed by atoms with van der Waals surface area (Å²) in [6.45, 7) is 2.64. The van der Waals surface area contributed by atoms with Crippen molar-refractivity contribution in [2.45, 2.75) is 126 Å². The molecule has 3 heterocycles. The van der Waals surface area contributed by atoms with E-state index in [0.29, 0.717) is 22.4 Å². The topological polar surface area (TPSA) is 414 Å². The largest absolute Gasteiger partial charge is 0.370 e. The maximum Gasteiger partial charge on any atom is 0.243 e. The molecule has 82 heavy (non-hydrogen) atoms. The maximum atomic E-state index is 14.8. The molecule has 0 radical (unpaired) electrons. The van der Waals surface area contributed by atoms with Gasteiger partial charge in [-0.25, -0.2) is 4.98 Å². The van der Waals surface area contributed by atoms with Crippen LogP contribution >= 0.6 is 0 Å². The second kappa shape index (κ2) is 30.7. The van der Waals surface area contributed by atoms with E-state index in [2.05, 4.69) is 67.8 Å². The molecule has 3 aromatic carbocycles. The highest BCUT2D eigenvalue weighted by molar-refractivity contribution is 5.99. The zero-order valence-electron chi connectivity index (χ0n) is 45.6. The van der Waals surface area contributed by atoms with Gasteiger partial charge in [0.2, 0.25) is 59.1 Å². The van der Waals surface area contributed by atoms with E-state index in [1.165, 1.54) is 26.4 Å². The standard InChI is InChI=1S/C56H72N16O10/c1-32-49(76)67-40(48(57)75)20-11-12-22-61-47(74)28-46(72-52(79)42(66-33(2)73)24-34-14-5-3-6-15-34)55(82)71-45(27-37-30-60-31-64-37)54(81)69-43(25-35-16-7-4-8-17-35)53(80)68-41(21-13-23-62-56(58)59)50(77)70-44(51(78)65-32)26-36-29-63-39-19-10-9-18-38(36)39/h3-10,14-19,29-32,40-46,63H,11-13,20-28H2,1-2H3,(H2,57,75)(H,60,64)(H,61,74)(H,65,78)(H,66,73)(H,67,76)(H,68,80)(H,69,81)(H,70,77)(H,71,82)(H,72,79)(H4,58,59,62)/t32-,40-,41-,42-,43+,44+,45-,46-/m0/s1. The van der Waals surface area contributed by atoms with Gasteiger partial charge in [0, 0.05) is 74.7 Å². The van der Waals surface area contributed by atoms with Crippen LogP contribution in [0.4, 0.5) is 0 Å². The summed E-state index contributed by atoms with van der Waals surface area (Å²) in [7, 11) is 0. The molecule has 1 saturated heterocycles. The van der Waals surface area contributed by atoms with E-state index in [1.807, 2.05) is 18.2 Å². The van der Waals surface area contributed by atoms with Gasteiger partial charge in [-0.1, -0.05) is 78.9 Å². The van der Waals surface area contributed by atoms with E-state index in [1.54, 1.807) is 72.9 Å². The van der Waals surface area contributed by atoms with E-state index < -0.39 is 114 Å². The molecule has 1 fully saturated rings. The number of nitrogens with one attached hydrogen (secondary N) is 11. The second-order valence-corrected chi connectivity index (χ2v) is 20.0. The zero-order chi connectivity index (χ0) is 59.1. The molecule has 5 aromatic rings. The second-order valence-electron chi connectivity index (χ2n) is 20.0. The number of hydrogen-bond acceptors (Lipinski definition) is 12. The van der Waals surface area contributed by atoms with Crippen LogP contribution in [0, 0.1) is 0 Å². The molecule has 1 aliphatic heterocycles. The molecule has 1 aliphatic rings. The van der Waals surface area contributed by atoms with Crippen LogP contribution in [0.15, 0.2) is 109 Å². The smallest absolute Gasteiger partial charge is 0.243 e. The molecule has 8 atom stereocenters. The summed E-state index contributed by atoms with van der Waals surface area (Å²) < 4.78 is 0. The van der Waals surface area contributed by atoms with Gasteiger partial charge in [-0.15, -0.1) is 0 Å². The fourth-order valence-corrected chi connectivity index (χ4v) is 9.18. The maximum absolute atomic E-state index is 14.8. The van der Waals surface area contributed by atoms with Crippen molar-refractivity contribution in [1.29, 1.82) is 0 Å². The molecule has 0 bridgehead atoms. The third kappa shape index (κ3) is 19.3. The monoisotopic (exact) mass is 1130 g/mol. The predicted octanol–water partition coefficient (Wildman–Crippen LogP) is -1.69. The lowest BCUT2D eigenvalue weighted by atomic mass is 10.0. The number of carbonyl (C=O) groups excluding carboxylic acids is 10. The number of primary amides is 1. The van der Waals surface area contributed by atoms with Crippen molar-refractivity contribution in [1.82, 2.24) is 62.8 Å². The number of rotatable bonds is 16.